The lowest BCUT2D eigenvalue weighted by molar-refractivity contribution is 0.766. The molecule has 2 rings (SSSR count). The fraction of sp³-hybridized carbons (Fsp3) is 0.333. The molecule has 4 heteroatoms. The van der Waals surface area contributed by atoms with Gasteiger partial charge in [0.15, 0.2) is 5.82 Å². The Hall–Kier alpha value is -1.94. The van der Waals surface area contributed by atoms with E-state index >= 15 is 0 Å². The summed E-state index contributed by atoms with van der Waals surface area (Å²) in [6.07, 6.45) is 0. The predicted molar refractivity (Wildman–Crippen MR) is 78.8 cm³/mol. The molecular formula is C15H20N4. The van der Waals surface area contributed by atoms with Gasteiger partial charge in [-0.25, -0.2) is 0 Å². The Morgan fingerprint density at radius 1 is 1.11 bits per heavy atom. The summed E-state index contributed by atoms with van der Waals surface area (Å²) in [5, 5.41) is 11.5. The number of nitrogens with zero attached hydrogens (tertiary/aromatic N) is 3. The third-order valence-corrected chi connectivity index (χ3v) is 3.12. The van der Waals surface area contributed by atoms with Crippen molar-refractivity contribution in [3.8, 4) is 0 Å². The van der Waals surface area contributed by atoms with Gasteiger partial charge in [-0.05, 0) is 44.7 Å². The van der Waals surface area contributed by atoms with Crippen LogP contribution in [0.5, 0.6) is 0 Å². The smallest absolute Gasteiger partial charge is 0.155 e. The predicted octanol–water partition coefficient (Wildman–Crippen LogP) is 2.58. The molecule has 4 nitrogen and oxygen atoms in total. The van der Waals surface area contributed by atoms with Crippen molar-refractivity contribution in [3.05, 3.63) is 47.2 Å². The van der Waals surface area contributed by atoms with Crippen molar-refractivity contribution in [3.63, 3.8) is 0 Å². The lowest BCUT2D eigenvalue weighted by Crippen LogP contribution is -2.14. The minimum Gasteiger partial charge on any atom is -0.328 e. The molecule has 0 saturated carbocycles. The highest BCUT2D eigenvalue weighted by atomic mass is 15.3. The van der Waals surface area contributed by atoms with Crippen molar-refractivity contribution in [1.82, 2.24) is 15.5 Å². The van der Waals surface area contributed by atoms with Gasteiger partial charge in [-0.15, -0.1) is 5.10 Å². The topological polar surface area (TPSA) is 41.0 Å². The number of benzene rings is 1. The average Bonchev–Trinajstić information content (AvgIpc) is 2.39. The molecule has 19 heavy (non-hydrogen) atoms. The van der Waals surface area contributed by atoms with Gasteiger partial charge in [0.05, 0.1) is 5.69 Å². The van der Waals surface area contributed by atoms with E-state index in [2.05, 4.69) is 52.5 Å². The minimum atomic E-state index is 0.737. The summed E-state index contributed by atoms with van der Waals surface area (Å²) in [6, 6.07) is 10.4. The molecule has 0 bridgehead atoms. The SMILES string of the molecule is CNCc1ccc(N(C)c2ccc(C)cc2C)nn1. The van der Waals surface area contributed by atoms with Gasteiger partial charge in [0.2, 0.25) is 0 Å². The molecule has 1 N–H and O–H groups in total. The van der Waals surface area contributed by atoms with Crippen LogP contribution in [0.2, 0.25) is 0 Å². The number of rotatable bonds is 4. The molecule has 0 atom stereocenters. The molecule has 0 aliphatic heterocycles. The van der Waals surface area contributed by atoms with Gasteiger partial charge in [0.25, 0.3) is 0 Å². The van der Waals surface area contributed by atoms with Crippen LogP contribution in [0.4, 0.5) is 11.5 Å². The fourth-order valence-electron chi connectivity index (χ4n) is 2.11. The average molecular weight is 256 g/mol. The molecule has 0 radical (unpaired) electrons. The van der Waals surface area contributed by atoms with Gasteiger partial charge in [0, 0.05) is 19.3 Å². The van der Waals surface area contributed by atoms with Crippen molar-refractivity contribution < 1.29 is 0 Å². The monoisotopic (exact) mass is 256 g/mol. The molecular weight excluding hydrogens is 236 g/mol. The van der Waals surface area contributed by atoms with Crippen LogP contribution in [0.3, 0.4) is 0 Å². The van der Waals surface area contributed by atoms with E-state index in [-0.39, 0.29) is 0 Å². The molecule has 0 unspecified atom stereocenters. The highest BCUT2D eigenvalue weighted by molar-refractivity contribution is 5.63. The second kappa shape index (κ2) is 5.80. The maximum atomic E-state index is 4.27. The van der Waals surface area contributed by atoms with Gasteiger partial charge in [-0.3, -0.25) is 0 Å². The zero-order chi connectivity index (χ0) is 13.8. The van der Waals surface area contributed by atoms with Crippen molar-refractivity contribution in [2.24, 2.45) is 0 Å². The van der Waals surface area contributed by atoms with Crippen molar-refractivity contribution in [2.45, 2.75) is 20.4 Å². The van der Waals surface area contributed by atoms with Crippen LogP contribution in [0.25, 0.3) is 0 Å². The first-order valence-corrected chi connectivity index (χ1v) is 6.40. The molecule has 0 saturated heterocycles. The number of aromatic nitrogens is 2. The zero-order valence-corrected chi connectivity index (χ0v) is 11.9. The third kappa shape index (κ3) is 3.09. The first-order chi connectivity index (χ1) is 9.11. The first-order valence-electron chi connectivity index (χ1n) is 6.40. The Labute approximate surface area is 114 Å². The normalized spacial score (nSPS) is 10.5. The largest absolute Gasteiger partial charge is 0.328 e. The summed E-state index contributed by atoms with van der Waals surface area (Å²) in [5.41, 5.74) is 4.61. The van der Waals surface area contributed by atoms with E-state index in [1.54, 1.807) is 0 Å². The van der Waals surface area contributed by atoms with E-state index in [9.17, 15) is 0 Å². The Morgan fingerprint density at radius 2 is 1.89 bits per heavy atom. The molecule has 0 aliphatic carbocycles. The van der Waals surface area contributed by atoms with Gasteiger partial charge in [0.1, 0.15) is 0 Å². The van der Waals surface area contributed by atoms with E-state index in [0.717, 1.165) is 23.7 Å². The highest BCUT2D eigenvalue weighted by Gasteiger charge is 2.08. The molecule has 1 aromatic heterocycles. The van der Waals surface area contributed by atoms with Crippen LogP contribution < -0.4 is 10.2 Å². The quantitative estimate of drug-likeness (QED) is 0.913. The van der Waals surface area contributed by atoms with Crippen LogP contribution in [0, 0.1) is 13.8 Å². The van der Waals surface area contributed by atoms with Crippen LogP contribution in [0.15, 0.2) is 30.3 Å². The molecule has 1 aromatic carbocycles. The van der Waals surface area contributed by atoms with Gasteiger partial charge in [-0.2, -0.15) is 5.10 Å². The number of aryl methyl sites for hydroxylation is 2. The van der Waals surface area contributed by atoms with Crippen molar-refractivity contribution >= 4 is 11.5 Å². The van der Waals surface area contributed by atoms with Gasteiger partial charge < -0.3 is 10.2 Å². The lowest BCUT2D eigenvalue weighted by atomic mass is 10.1. The van der Waals surface area contributed by atoms with Crippen LogP contribution in [0.1, 0.15) is 16.8 Å². The summed E-state index contributed by atoms with van der Waals surface area (Å²) in [7, 11) is 3.91. The highest BCUT2D eigenvalue weighted by Crippen LogP contribution is 2.25. The molecule has 1 heterocycles. The van der Waals surface area contributed by atoms with Crippen molar-refractivity contribution in [1.29, 1.82) is 0 Å². The van der Waals surface area contributed by atoms with Crippen LogP contribution >= 0.6 is 0 Å². The summed E-state index contributed by atoms with van der Waals surface area (Å²) in [6.45, 7) is 4.95. The molecule has 100 valence electrons. The lowest BCUT2D eigenvalue weighted by Gasteiger charge is -2.20. The Kier molecular flexibility index (Phi) is 4.12. The standard InChI is InChI=1S/C15H20N4/c1-11-5-7-14(12(2)9-11)19(4)15-8-6-13(10-16-3)17-18-15/h5-9,16H,10H2,1-4H3. The minimum absolute atomic E-state index is 0.737. The number of hydrogen-bond acceptors (Lipinski definition) is 4. The second-order valence-corrected chi connectivity index (χ2v) is 4.76. The fourth-order valence-corrected chi connectivity index (χ4v) is 2.11. The van der Waals surface area contributed by atoms with E-state index in [0.29, 0.717) is 0 Å². The van der Waals surface area contributed by atoms with Crippen molar-refractivity contribution in [2.75, 3.05) is 19.0 Å². The maximum absolute atomic E-state index is 4.27. The van der Waals surface area contributed by atoms with E-state index in [4.69, 9.17) is 0 Å². The van der Waals surface area contributed by atoms with Gasteiger partial charge >= 0.3 is 0 Å². The molecule has 0 amide bonds. The zero-order valence-electron chi connectivity index (χ0n) is 11.9. The number of anilines is 2. The van der Waals surface area contributed by atoms with E-state index in [1.807, 2.05) is 26.2 Å². The number of hydrogen-bond donors (Lipinski definition) is 1. The maximum Gasteiger partial charge on any atom is 0.155 e. The Bertz CT molecular complexity index is 549. The second-order valence-electron chi connectivity index (χ2n) is 4.76. The summed E-state index contributed by atoms with van der Waals surface area (Å²) < 4.78 is 0. The molecule has 0 fully saturated rings. The molecule has 0 aliphatic rings. The summed E-state index contributed by atoms with van der Waals surface area (Å²) in [5.74, 6) is 0.854. The molecule has 2 aromatic rings. The van der Waals surface area contributed by atoms with E-state index < -0.39 is 0 Å². The van der Waals surface area contributed by atoms with Crippen LogP contribution in [-0.4, -0.2) is 24.3 Å². The Morgan fingerprint density at radius 3 is 2.47 bits per heavy atom. The van der Waals surface area contributed by atoms with Crippen LogP contribution in [-0.2, 0) is 6.54 Å². The van der Waals surface area contributed by atoms with E-state index in [1.165, 1.54) is 11.1 Å². The third-order valence-electron chi connectivity index (χ3n) is 3.12. The van der Waals surface area contributed by atoms with Gasteiger partial charge in [-0.1, -0.05) is 17.7 Å². The Balaban J connectivity index is 2.25. The summed E-state index contributed by atoms with van der Waals surface area (Å²) in [4.78, 5) is 2.06. The first kappa shape index (κ1) is 13.5. The summed E-state index contributed by atoms with van der Waals surface area (Å²) >= 11 is 0. The molecule has 0 spiro atoms. The number of nitrogens with one attached hydrogen (secondary N) is 1.